The van der Waals surface area contributed by atoms with Gasteiger partial charge in [-0.25, -0.2) is 0 Å². The van der Waals surface area contributed by atoms with Crippen molar-refractivity contribution >= 4 is 38.6 Å². The van der Waals surface area contributed by atoms with Crippen LogP contribution in [0.2, 0.25) is 0 Å². The number of hydrogen-bond acceptors (Lipinski definition) is 4. The second kappa shape index (κ2) is 5.71. The molecule has 1 N–H and O–H groups in total. The molecule has 0 aliphatic heterocycles. The number of rotatable bonds is 4. The molecule has 2 rings (SSSR count). The number of nitrogens with one attached hydrogen (secondary N) is 1. The number of aryl methyl sites for hydroxylation is 1. The van der Waals surface area contributed by atoms with Gasteiger partial charge in [0.25, 0.3) is 5.69 Å². The molecule has 2 aromatic rings. The van der Waals surface area contributed by atoms with E-state index in [9.17, 15) is 10.1 Å². The Morgan fingerprint density at radius 2 is 2.11 bits per heavy atom. The zero-order valence-corrected chi connectivity index (χ0v) is 12.9. The van der Waals surface area contributed by atoms with Crippen LogP contribution in [0.1, 0.15) is 22.7 Å². The van der Waals surface area contributed by atoms with E-state index in [2.05, 4.69) is 47.2 Å². The van der Waals surface area contributed by atoms with Crippen molar-refractivity contribution in [1.29, 1.82) is 0 Å². The van der Waals surface area contributed by atoms with Gasteiger partial charge >= 0.3 is 0 Å². The van der Waals surface area contributed by atoms with Gasteiger partial charge in [-0.3, -0.25) is 10.1 Å². The molecule has 1 atom stereocenters. The first-order chi connectivity index (χ1) is 8.97. The maximum atomic E-state index is 10.7. The molecule has 6 heteroatoms. The molecule has 0 fully saturated rings. The summed E-state index contributed by atoms with van der Waals surface area (Å²) in [7, 11) is 0. The summed E-state index contributed by atoms with van der Waals surface area (Å²) in [6.45, 7) is 4.14. The van der Waals surface area contributed by atoms with E-state index in [0.717, 1.165) is 5.69 Å². The molecule has 0 amide bonds. The van der Waals surface area contributed by atoms with Crippen molar-refractivity contribution in [2.75, 3.05) is 5.32 Å². The maximum Gasteiger partial charge on any atom is 0.283 e. The summed E-state index contributed by atoms with van der Waals surface area (Å²) in [5, 5.41) is 14.1. The molecule has 0 bridgehead atoms. The molecule has 0 aliphatic rings. The van der Waals surface area contributed by atoms with E-state index in [1.54, 1.807) is 23.5 Å². The van der Waals surface area contributed by atoms with Gasteiger partial charge in [0.05, 0.1) is 15.4 Å². The first-order valence-corrected chi connectivity index (χ1v) is 7.35. The van der Waals surface area contributed by atoms with Crippen molar-refractivity contribution in [3.8, 4) is 0 Å². The van der Waals surface area contributed by atoms with Gasteiger partial charge < -0.3 is 5.32 Å². The fourth-order valence-corrected chi connectivity index (χ4v) is 3.16. The lowest BCUT2D eigenvalue weighted by Gasteiger charge is -2.13. The Labute approximate surface area is 123 Å². The predicted molar refractivity (Wildman–Crippen MR) is 81.9 cm³/mol. The second-order valence-electron chi connectivity index (χ2n) is 4.24. The second-order valence-corrected chi connectivity index (χ2v) is 6.41. The first-order valence-electron chi connectivity index (χ1n) is 5.74. The van der Waals surface area contributed by atoms with Crippen molar-refractivity contribution in [3.05, 3.63) is 54.7 Å². The molecule has 1 aromatic carbocycles. The van der Waals surface area contributed by atoms with Crippen LogP contribution in [-0.2, 0) is 0 Å². The summed E-state index contributed by atoms with van der Waals surface area (Å²) in [6.07, 6.45) is 0. The highest BCUT2D eigenvalue weighted by Gasteiger charge is 2.13. The van der Waals surface area contributed by atoms with Crippen molar-refractivity contribution in [1.82, 2.24) is 0 Å². The third kappa shape index (κ3) is 3.33. The largest absolute Gasteiger partial charge is 0.378 e. The Bertz CT molecular complexity index is 612. The normalized spacial score (nSPS) is 12.2. The van der Waals surface area contributed by atoms with Gasteiger partial charge in [-0.2, -0.15) is 0 Å². The van der Waals surface area contributed by atoms with Crippen molar-refractivity contribution in [2.45, 2.75) is 19.9 Å². The SMILES string of the molecule is Cc1ccc(C(C)Nc2ccc([N+](=O)[O-])c(Br)c2)s1. The number of thiophene rings is 1. The summed E-state index contributed by atoms with van der Waals surface area (Å²) in [5.74, 6) is 0. The third-order valence-electron chi connectivity index (χ3n) is 2.72. The molecule has 4 nitrogen and oxygen atoms in total. The Kier molecular flexibility index (Phi) is 4.21. The third-order valence-corrected chi connectivity index (χ3v) is 4.53. The lowest BCUT2D eigenvalue weighted by Crippen LogP contribution is -2.04. The van der Waals surface area contributed by atoms with Crippen molar-refractivity contribution in [2.24, 2.45) is 0 Å². The van der Waals surface area contributed by atoms with Crippen LogP contribution in [0.15, 0.2) is 34.8 Å². The number of nitro groups is 1. The van der Waals surface area contributed by atoms with Crippen molar-refractivity contribution < 1.29 is 4.92 Å². The fourth-order valence-electron chi connectivity index (χ4n) is 1.75. The van der Waals surface area contributed by atoms with Crippen LogP contribution >= 0.6 is 27.3 Å². The zero-order chi connectivity index (χ0) is 14.0. The molecular weight excluding hydrogens is 328 g/mol. The van der Waals surface area contributed by atoms with Crippen LogP contribution in [0.4, 0.5) is 11.4 Å². The maximum absolute atomic E-state index is 10.7. The Hall–Kier alpha value is -1.40. The molecule has 100 valence electrons. The van der Waals surface area contributed by atoms with Gasteiger partial charge in [0.15, 0.2) is 0 Å². The highest BCUT2D eigenvalue weighted by molar-refractivity contribution is 9.10. The van der Waals surface area contributed by atoms with E-state index in [1.165, 1.54) is 15.8 Å². The van der Waals surface area contributed by atoms with Crippen LogP contribution < -0.4 is 5.32 Å². The van der Waals surface area contributed by atoms with Gasteiger partial charge in [0, 0.05) is 21.5 Å². The Morgan fingerprint density at radius 1 is 1.37 bits per heavy atom. The minimum Gasteiger partial charge on any atom is -0.378 e. The molecular formula is C13H13BrN2O2S. The number of nitrogens with zero attached hydrogens (tertiary/aromatic N) is 1. The van der Waals surface area contributed by atoms with E-state index in [1.807, 2.05) is 0 Å². The molecule has 0 saturated heterocycles. The minimum atomic E-state index is -0.403. The average Bonchev–Trinajstić information content (AvgIpc) is 2.75. The van der Waals surface area contributed by atoms with E-state index in [0.29, 0.717) is 4.47 Å². The van der Waals surface area contributed by atoms with Crippen LogP contribution in [0.3, 0.4) is 0 Å². The minimum absolute atomic E-state index is 0.0742. The number of anilines is 1. The molecule has 19 heavy (non-hydrogen) atoms. The number of halogens is 1. The van der Waals surface area contributed by atoms with Gasteiger partial charge in [-0.15, -0.1) is 11.3 Å². The summed E-state index contributed by atoms with van der Waals surface area (Å²) < 4.78 is 0.483. The topological polar surface area (TPSA) is 55.2 Å². The lowest BCUT2D eigenvalue weighted by atomic mass is 10.2. The van der Waals surface area contributed by atoms with Crippen LogP contribution in [0.5, 0.6) is 0 Å². The molecule has 1 unspecified atom stereocenters. The van der Waals surface area contributed by atoms with Gasteiger partial charge in [0.2, 0.25) is 0 Å². The standard InChI is InChI=1S/C13H13BrN2O2S/c1-8-3-6-13(19-8)9(2)15-10-4-5-12(16(17)18)11(14)7-10/h3-7,9,15H,1-2H3. The van der Waals surface area contributed by atoms with Gasteiger partial charge in [0.1, 0.15) is 0 Å². The van der Waals surface area contributed by atoms with Crippen molar-refractivity contribution in [3.63, 3.8) is 0 Å². The summed E-state index contributed by atoms with van der Waals surface area (Å²) in [5.41, 5.74) is 0.932. The highest BCUT2D eigenvalue weighted by atomic mass is 79.9. The summed E-state index contributed by atoms with van der Waals surface area (Å²) in [4.78, 5) is 12.8. The van der Waals surface area contributed by atoms with E-state index < -0.39 is 4.92 Å². The molecule has 0 saturated carbocycles. The van der Waals surface area contributed by atoms with E-state index >= 15 is 0 Å². The highest BCUT2D eigenvalue weighted by Crippen LogP contribution is 2.30. The first kappa shape index (κ1) is 14.0. The smallest absolute Gasteiger partial charge is 0.283 e. The molecule has 0 aliphatic carbocycles. The Balaban J connectivity index is 2.15. The quantitative estimate of drug-likeness (QED) is 0.636. The molecule has 0 spiro atoms. The van der Waals surface area contributed by atoms with Crippen LogP contribution in [0, 0.1) is 17.0 Å². The number of hydrogen-bond donors (Lipinski definition) is 1. The summed E-state index contributed by atoms with van der Waals surface area (Å²) in [6, 6.07) is 9.31. The lowest BCUT2D eigenvalue weighted by molar-refractivity contribution is -0.385. The molecule has 0 radical (unpaired) electrons. The van der Waals surface area contributed by atoms with Crippen LogP contribution in [-0.4, -0.2) is 4.92 Å². The molecule has 1 aromatic heterocycles. The van der Waals surface area contributed by atoms with E-state index in [4.69, 9.17) is 0 Å². The molecule has 1 heterocycles. The monoisotopic (exact) mass is 340 g/mol. The van der Waals surface area contributed by atoms with Gasteiger partial charge in [-0.1, -0.05) is 0 Å². The number of benzene rings is 1. The van der Waals surface area contributed by atoms with E-state index in [-0.39, 0.29) is 11.7 Å². The van der Waals surface area contributed by atoms with Gasteiger partial charge in [-0.05, 0) is 54.0 Å². The predicted octanol–water partition coefficient (Wildman–Crippen LogP) is 4.90. The average molecular weight is 341 g/mol. The zero-order valence-electron chi connectivity index (χ0n) is 10.5. The Morgan fingerprint density at radius 3 is 2.63 bits per heavy atom. The summed E-state index contributed by atoms with van der Waals surface area (Å²) >= 11 is 4.96. The number of nitro benzene ring substituents is 1. The van der Waals surface area contributed by atoms with Crippen LogP contribution in [0.25, 0.3) is 0 Å². The fraction of sp³-hybridized carbons (Fsp3) is 0.231.